The zero-order valence-electron chi connectivity index (χ0n) is 10.5. The van der Waals surface area contributed by atoms with E-state index in [0.717, 1.165) is 24.2 Å². The Morgan fingerprint density at radius 3 is 2.83 bits per heavy atom. The van der Waals surface area contributed by atoms with Crippen LogP contribution in [0.4, 0.5) is 8.78 Å². The maximum Gasteiger partial charge on any atom is 0.272 e. The Labute approximate surface area is 106 Å². The standard InChI is InChI=1S/C13H18F2N2O/c1-2-10-5-9(7-16-11-3-4-11)6-13(17-10)18-8-12(14)15/h5-6,11-12,16H,2-4,7-8H2,1H3. The predicted molar refractivity (Wildman–Crippen MR) is 65.0 cm³/mol. The molecule has 0 amide bonds. The van der Waals surface area contributed by atoms with Gasteiger partial charge in [-0.15, -0.1) is 0 Å². The van der Waals surface area contributed by atoms with Crippen molar-refractivity contribution in [2.45, 2.75) is 45.2 Å². The van der Waals surface area contributed by atoms with Gasteiger partial charge in [-0.3, -0.25) is 0 Å². The summed E-state index contributed by atoms with van der Waals surface area (Å²) in [4.78, 5) is 4.18. The van der Waals surface area contributed by atoms with E-state index in [4.69, 9.17) is 4.74 Å². The molecule has 1 aromatic rings. The molecular formula is C13H18F2N2O. The van der Waals surface area contributed by atoms with E-state index in [1.54, 1.807) is 6.07 Å². The summed E-state index contributed by atoms with van der Waals surface area (Å²) >= 11 is 0. The van der Waals surface area contributed by atoms with Crippen LogP contribution in [0.3, 0.4) is 0 Å². The number of aromatic nitrogens is 1. The minimum absolute atomic E-state index is 0.294. The highest BCUT2D eigenvalue weighted by molar-refractivity contribution is 5.25. The minimum Gasteiger partial charge on any atom is -0.472 e. The van der Waals surface area contributed by atoms with E-state index in [9.17, 15) is 8.78 Å². The molecule has 0 aliphatic heterocycles. The number of alkyl halides is 2. The molecule has 0 saturated heterocycles. The summed E-state index contributed by atoms with van der Waals surface area (Å²) in [6.07, 6.45) is 0.744. The number of hydrogen-bond acceptors (Lipinski definition) is 3. The summed E-state index contributed by atoms with van der Waals surface area (Å²) in [6, 6.07) is 4.34. The van der Waals surface area contributed by atoms with E-state index < -0.39 is 13.0 Å². The smallest absolute Gasteiger partial charge is 0.272 e. The Balaban J connectivity index is 2.00. The molecule has 0 unspecified atom stereocenters. The van der Waals surface area contributed by atoms with Gasteiger partial charge in [-0.25, -0.2) is 13.8 Å². The Morgan fingerprint density at radius 2 is 2.22 bits per heavy atom. The van der Waals surface area contributed by atoms with Gasteiger partial charge in [0.2, 0.25) is 5.88 Å². The highest BCUT2D eigenvalue weighted by atomic mass is 19.3. The first kappa shape index (κ1) is 13.2. The van der Waals surface area contributed by atoms with Gasteiger partial charge >= 0.3 is 0 Å². The molecule has 18 heavy (non-hydrogen) atoms. The van der Waals surface area contributed by atoms with E-state index >= 15 is 0 Å². The van der Waals surface area contributed by atoms with Gasteiger partial charge in [-0.2, -0.15) is 0 Å². The van der Waals surface area contributed by atoms with E-state index in [-0.39, 0.29) is 0 Å². The molecular weight excluding hydrogens is 238 g/mol. The van der Waals surface area contributed by atoms with Crippen molar-refractivity contribution in [2.75, 3.05) is 6.61 Å². The van der Waals surface area contributed by atoms with Gasteiger partial charge in [-0.1, -0.05) is 6.92 Å². The zero-order valence-corrected chi connectivity index (χ0v) is 10.5. The van der Waals surface area contributed by atoms with Crippen molar-refractivity contribution < 1.29 is 13.5 Å². The molecule has 1 aromatic heterocycles. The Morgan fingerprint density at radius 1 is 1.44 bits per heavy atom. The second-order valence-electron chi connectivity index (χ2n) is 4.52. The molecule has 2 rings (SSSR count). The van der Waals surface area contributed by atoms with Crippen molar-refractivity contribution in [3.8, 4) is 5.88 Å². The van der Waals surface area contributed by atoms with Crippen molar-refractivity contribution in [3.63, 3.8) is 0 Å². The topological polar surface area (TPSA) is 34.1 Å². The number of nitrogens with one attached hydrogen (secondary N) is 1. The van der Waals surface area contributed by atoms with Gasteiger partial charge in [0.1, 0.15) is 0 Å². The lowest BCUT2D eigenvalue weighted by atomic mass is 10.2. The van der Waals surface area contributed by atoms with Crippen LogP contribution in [-0.2, 0) is 13.0 Å². The van der Waals surface area contributed by atoms with Crippen LogP contribution in [0, 0.1) is 0 Å². The maximum atomic E-state index is 12.1. The Bertz CT molecular complexity index is 370. The first-order valence-corrected chi connectivity index (χ1v) is 6.31. The molecule has 1 N–H and O–H groups in total. The molecule has 0 spiro atoms. The van der Waals surface area contributed by atoms with Crippen LogP contribution in [0.25, 0.3) is 0 Å². The number of halogens is 2. The summed E-state index contributed by atoms with van der Waals surface area (Å²) < 4.78 is 29.2. The third-order valence-corrected chi connectivity index (χ3v) is 2.81. The molecule has 100 valence electrons. The van der Waals surface area contributed by atoms with Crippen LogP contribution in [0.15, 0.2) is 12.1 Å². The predicted octanol–water partition coefficient (Wildman–Crippen LogP) is 2.54. The van der Waals surface area contributed by atoms with Gasteiger partial charge in [0.05, 0.1) is 0 Å². The number of pyridine rings is 1. The molecule has 5 heteroatoms. The van der Waals surface area contributed by atoms with E-state index in [2.05, 4.69) is 10.3 Å². The molecule has 1 saturated carbocycles. The highest BCUT2D eigenvalue weighted by Crippen LogP contribution is 2.20. The lowest BCUT2D eigenvalue weighted by molar-refractivity contribution is 0.0794. The average Bonchev–Trinajstić information content (AvgIpc) is 3.17. The molecule has 0 aromatic carbocycles. The normalized spacial score (nSPS) is 15.1. The zero-order chi connectivity index (χ0) is 13.0. The lowest BCUT2D eigenvalue weighted by Crippen LogP contribution is -2.16. The number of aryl methyl sites for hydroxylation is 1. The monoisotopic (exact) mass is 256 g/mol. The van der Waals surface area contributed by atoms with Crippen molar-refractivity contribution >= 4 is 0 Å². The lowest BCUT2D eigenvalue weighted by Gasteiger charge is -2.10. The fourth-order valence-corrected chi connectivity index (χ4v) is 1.68. The SMILES string of the molecule is CCc1cc(CNC2CC2)cc(OCC(F)F)n1. The van der Waals surface area contributed by atoms with Gasteiger partial charge in [0.25, 0.3) is 6.43 Å². The molecule has 1 heterocycles. The number of ether oxygens (including phenoxy) is 1. The van der Waals surface area contributed by atoms with Gasteiger partial charge in [0, 0.05) is 24.3 Å². The number of rotatable bonds is 7. The second kappa shape index (κ2) is 6.09. The summed E-state index contributed by atoms with van der Waals surface area (Å²) in [5, 5.41) is 3.38. The fraction of sp³-hybridized carbons (Fsp3) is 0.615. The summed E-state index contributed by atoms with van der Waals surface area (Å²) in [7, 11) is 0. The number of nitrogens with zero attached hydrogens (tertiary/aromatic N) is 1. The summed E-state index contributed by atoms with van der Waals surface area (Å²) in [6.45, 7) is 2.12. The van der Waals surface area contributed by atoms with Crippen LogP contribution < -0.4 is 10.1 Å². The van der Waals surface area contributed by atoms with Crippen molar-refractivity contribution in [1.82, 2.24) is 10.3 Å². The molecule has 0 bridgehead atoms. The highest BCUT2D eigenvalue weighted by Gasteiger charge is 2.20. The molecule has 1 aliphatic rings. The van der Waals surface area contributed by atoms with Crippen LogP contribution in [0.1, 0.15) is 31.0 Å². The van der Waals surface area contributed by atoms with Crippen LogP contribution in [0.5, 0.6) is 5.88 Å². The third-order valence-electron chi connectivity index (χ3n) is 2.81. The van der Waals surface area contributed by atoms with Crippen molar-refractivity contribution in [2.24, 2.45) is 0 Å². The fourth-order valence-electron chi connectivity index (χ4n) is 1.68. The van der Waals surface area contributed by atoms with E-state index in [0.29, 0.717) is 11.9 Å². The number of hydrogen-bond donors (Lipinski definition) is 1. The maximum absolute atomic E-state index is 12.1. The summed E-state index contributed by atoms with van der Waals surface area (Å²) in [5.74, 6) is 0.294. The van der Waals surface area contributed by atoms with E-state index in [1.807, 2.05) is 13.0 Å². The largest absolute Gasteiger partial charge is 0.472 e. The third kappa shape index (κ3) is 4.22. The second-order valence-corrected chi connectivity index (χ2v) is 4.52. The first-order chi connectivity index (χ1) is 8.67. The molecule has 1 fully saturated rings. The molecule has 0 atom stereocenters. The molecule has 0 radical (unpaired) electrons. The minimum atomic E-state index is -2.47. The average molecular weight is 256 g/mol. The van der Waals surface area contributed by atoms with E-state index in [1.165, 1.54) is 12.8 Å². The van der Waals surface area contributed by atoms with Crippen LogP contribution in [-0.4, -0.2) is 24.1 Å². The quantitative estimate of drug-likeness (QED) is 0.814. The van der Waals surface area contributed by atoms with Gasteiger partial charge in [-0.05, 0) is 30.9 Å². The molecule has 1 aliphatic carbocycles. The van der Waals surface area contributed by atoms with Crippen molar-refractivity contribution in [1.29, 1.82) is 0 Å². The van der Waals surface area contributed by atoms with Crippen LogP contribution >= 0.6 is 0 Å². The first-order valence-electron chi connectivity index (χ1n) is 6.31. The van der Waals surface area contributed by atoms with Crippen LogP contribution in [0.2, 0.25) is 0 Å². The Hall–Kier alpha value is -1.23. The molecule has 3 nitrogen and oxygen atoms in total. The van der Waals surface area contributed by atoms with Gasteiger partial charge < -0.3 is 10.1 Å². The Kier molecular flexibility index (Phi) is 4.47. The van der Waals surface area contributed by atoms with Gasteiger partial charge in [0.15, 0.2) is 6.61 Å². The summed E-state index contributed by atoms with van der Waals surface area (Å²) in [5.41, 5.74) is 1.91. The van der Waals surface area contributed by atoms with Crippen molar-refractivity contribution in [3.05, 3.63) is 23.4 Å².